The highest BCUT2D eigenvalue weighted by atomic mass is 19.1. The minimum atomic E-state index is -1.55. The molecule has 1 aromatic rings. The summed E-state index contributed by atoms with van der Waals surface area (Å²) in [5, 5.41) is 0. The third-order valence-corrected chi connectivity index (χ3v) is 7.16. The van der Waals surface area contributed by atoms with Gasteiger partial charge in [0, 0.05) is 42.3 Å². The van der Waals surface area contributed by atoms with Gasteiger partial charge in [0.2, 0.25) is 0 Å². The summed E-state index contributed by atoms with van der Waals surface area (Å²) >= 11 is 0. The van der Waals surface area contributed by atoms with E-state index in [1.54, 1.807) is 13.1 Å². The van der Waals surface area contributed by atoms with Crippen molar-refractivity contribution in [3.63, 3.8) is 0 Å². The van der Waals surface area contributed by atoms with Crippen LogP contribution in [0.15, 0.2) is 73.1 Å². The van der Waals surface area contributed by atoms with Gasteiger partial charge in [-0.25, -0.2) is 4.39 Å². The molecular formula is C29H37FN2O. The number of hydrogen-bond acceptors (Lipinski definition) is 2. The van der Waals surface area contributed by atoms with Crippen molar-refractivity contribution in [1.29, 1.82) is 0 Å². The quantitative estimate of drug-likeness (QED) is 0.433. The smallest absolute Gasteiger partial charge is 0.255 e. The number of likely N-dealkylation sites (tertiary alicyclic amines) is 1. The Labute approximate surface area is 198 Å². The van der Waals surface area contributed by atoms with Crippen molar-refractivity contribution >= 4 is 17.2 Å². The topological polar surface area (TPSA) is 23.6 Å². The zero-order chi connectivity index (χ0) is 24.4. The molecule has 1 amide bonds. The fraction of sp³-hybridized carbons (Fsp3) is 0.414. The van der Waals surface area contributed by atoms with Gasteiger partial charge in [-0.3, -0.25) is 9.69 Å². The first-order chi connectivity index (χ1) is 15.4. The second-order valence-corrected chi connectivity index (χ2v) is 10.1. The molecule has 1 saturated heterocycles. The van der Waals surface area contributed by atoms with Crippen LogP contribution in [0.2, 0.25) is 0 Å². The van der Waals surface area contributed by atoms with Gasteiger partial charge in [-0.15, -0.1) is 0 Å². The van der Waals surface area contributed by atoms with E-state index in [0.29, 0.717) is 16.7 Å². The van der Waals surface area contributed by atoms with Crippen LogP contribution >= 0.6 is 0 Å². The molecule has 0 spiro atoms. The van der Waals surface area contributed by atoms with Crippen molar-refractivity contribution in [2.75, 3.05) is 13.1 Å². The molecule has 3 rings (SSSR count). The van der Waals surface area contributed by atoms with Gasteiger partial charge >= 0.3 is 0 Å². The van der Waals surface area contributed by atoms with Crippen molar-refractivity contribution in [3.05, 3.63) is 84.2 Å². The van der Waals surface area contributed by atoms with E-state index >= 15 is 0 Å². The minimum absolute atomic E-state index is 0.306. The molecule has 176 valence electrons. The lowest BCUT2D eigenvalue weighted by Gasteiger charge is -2.42. The van der Waals surface area contributed by atoms with Crippen LogP contribution in [0.4, 0.5) is 4.39 Å². The summed E-state index contributed by atoms with van der Waals surface area (Å²) in [4.78, 5) is 16.6. The first kappa shape index (κ1) is 24.8. The summed E-state index contributed by atoms with van der Waals surface area (Å²) in [5.41, 5.74) is 3.76. The van der Waals surface area contributed by atoms with Crippen LogP contribution in [0.1, 0.15) is 65.0 Å². The Morgan fingerprint density at radius 1 is 1.27 bits per heavy atom. The highest BCUT2D eigenvalue weighted by Crippen LogP contribution is 2.36. The number of amides is 1. The molecule has 1 fully saturated rings. The molecule has 2 heterocycles. The molecule has 0 aromatic heterocycles. The second-order valence-electron chi connectivity index (χ2n) is 10.1. The largest absolute Gasteiger partial charge is 0.371 e. The maximum atomic E-state index is 14.1. The Balaban J connectivity index is 1.75. The molecule has 0 aliphatic carbocycles. The molecule has 33 heavy (non-hydrogen) atoms. The first-order valence-electron chi connectivity index (χ1n) is 11.8. The third-order valence-electron chi connectivity index (χ3n) is 7.16. The summed E-state index contributed by atoms with van der Waals surface area (Å²) in [7, 11) is 0. The van der Waals surface area contributed by atoms with E-state index in [9.17, 15) is 9.18 Å². The average molecular weight is 449 g/mol. The lowest BCUT2D eigenvalue weighted by molar-refractivity contribution is -0.122. The van der Waals surface area contributed by atoms with Crippen LogP contribution in [-0.4, -0.2) is 34.5 Å². The minimum Gasteiger partial charge on any atom is -0.371 e. The molecule has 1 atom stereocenters. The predicted octanol–water partition coefficient (Wildman–Crippen LogP) is 7.12. The summed E-state index contributed by atoms with van der Waals surface area (Å²) in [6.07, 6.45) is 10.4. The maximum Gasteiger partial charge on any atom is 0.255 e. The van der Waals surface area contributed by atoms with Crippen LogP contribution in [-0.2, 0) is 4.79 Å². The molecule has 2 aliphatic rings. The van der Waals surface area contributed by atoms with Gasteiger partial charge in [0.1, 0.15) is 5.67 Å². The maximum absolute atomic E-state index is 14.1. The number of rotatable bonds is 6. The van der Waals surface area contributed by atoms with E-state index in [4.69, 9.17) is 0 Å². The number of piperidine rings is 1. The SMILES string of the molecule is C=C(c1ccc(C2=CC=CN(C(=O)/C=C(\C)C(C)(C)F)C2=C)cc1)N1CCCC(C)(CC)C1. The number of carbonyl (C=O) groups is 1. The number of halogens is 1. The van der Waals surface area contributed by atoms with Crippen LogP contribution in [0.3, 0.4) is 0 Å². The monoisotopic (exact) mass is 448 g/mol. The summed E-state index contributed by atoms with van der Waals surface area (Å²) in [5.74, 6) is -0.306. The summed E-state index contributed by atoms with van der Waals surface area (Å²) in [6, 6.07) is 8.27. The zero-order valence-electron chi connectivity index (χ0n) is 20.7. The van der Waals surface area contributed by atoms with Crippen LogP contribution in [0.5, 0.6) is 0 Å². The van der Waals surface area contributed by atoms with E-state index in [0.717, 1.165) is 35.5 Å². The molecule has 0 N–H and O–H groups in total. The van der Waals surface area contributed by atoms with Crippen molar-refractivity contribution in [2.45, 2.75) is 59.5 Å². The Kier molecular flexibility index (Phi) is 7.16. The molecule has 3 nitrogen and oxygen atoms in total. The number of hydrogen-bond donors (Lipinski definition) is 0. The Morgan fingerprint density at radius 3 is 2.55 bits per heavy atom. The normalized spacial score (nSPS) is 21.8. The molecule has 4 heteroatoms. The summed E-state index contributed by atoms with van der Waals surface area (Å²) in [6.45, 7) is 19.7. The van der Waals surface area contributed by atoms with Gasteiger partial charge in [0.25, 0.3) is 5.91 Å². The fourth-order valence-electron chi connectivity index (χ4n) is 4.30. The lowest BCUT2D eigenvalue weighted by atomic mass is 9.79. The van der Waals surface area contributed by atoms with Gasteiger partial charge in [0.05, 0.1) is 0 Å². The Hall–Kier alpha value is -2.88. The zero-order valence-corrected chi connectivity index (χ0v) is 20.7. The Bertz CT molecular complexity index is 1020. The number of carbonyl (C=O) groups excluding carboxylic acids is 1. The van der Waals surface area contributed by atoms with E-state index in [1.807, 2.05) is 24.3 Å². The molecule has 0 saturated carbocycles. The van der Waals surface area contributed by atoms with Crippen molar-refractivity contribution in [3.8, 4) is 0 Å². The van der Waals surface area contributed by atoms with Crippen molar-refractivity contribution in [2.24, 2.45) is 5.41 Å². The number of allylic oxidation sites excluding steroid dienone is 4. The highest BCUT2D eigenvalue weighted by Gasteiger charge is 2.30. The van der Waals surface area contributed by atoms with E-state index in [1.165, 1.54) is 44.1 Å². The van der Waals surface area contributed by atoms with Crippen LogP contribution < -0.4 is 0 Å². The van der Waals surface area contributed by atoms with Gasteiger partial charge < -0.3 is 4.90 Å². The standard InChI is InChI=1S/C29H37FN2O/c1-8-29(7)16-10-17-31(20-29)22(3)24-12-14-25(15-13-24)26-11-9-18-32(23(26)4)27(33)19-21(2)28(5,6)30/h9,11-15,18-19H,3-4,8,10,16-17,20H2,1-2,5-7H3/b21-19+. The molecule has 0 radical (unpaired) electrons. The van der Waals surface area contributed by atoms with Gasteiger partial charge in [-0.05, 0) is 68.2 Å². The van der Waals surface area contributed by atoms with E-state index in [-0.39, 0.29) is 5.91 Å². The first-order valence-corrected chi connectivity index (χ1v) is 11.8. The third kappa shape index (κ3) is 5.55. The molecular weight excluding hydrogens is 411 g/mol. The van der Waals surface area contributed by atoms with Crippen molar-refractivity contribution < 1.29 is 9.18 Å². The van der Waals surface area contributed by atoms with Crippen LogP contribution in [0, 0.1) is 5.41 Å². The average Bonchev–Trinajstić information content (AvgIpc) is 2.78. The molecule has 2 aliphatic heterocycles. The van der Waals surface area contributed by atoms with Crippen molar-refractivity contribution in [1.82, 2.24) is 9.80 Å². The number of alkyl halides is 1. The molecule has 1 unspecified atom stereocenters. The van der Waals surface area contributed by atoms with Gasteiger partial charge in [0.15, 0.2) is 0 Å². The Morgan fingerprint density at radius 2 is 1.94 bits per heavy atom. The lowest BCUT2D eigenvalue weighted by Crippen LogP contribution is -2.40. The van der Waals surface area contributed by atoms with Gasteiger partial charge in [-0.2, -0.15) is 0 Å². The van der Waals surface area contributed by atoms with Crippen LogP contribution in [0.25, 0.3) is 11.3 Å². The number of benzene rings is 1. The fourth-order valence-corrected chi connectivity index (χ4v) is 4.30. The van der Waals surface area contributed by atoms with E-state index in [2.05, 4.69) is 44.0 Å². The molecule has 0 bridgehead atoms. The highest BCUT2D eigenvalue weighted by molar-refractivity contribution is 5.95. The second kappa shape index (κ2) is 9.54. The summed E-state index contributed by atoms with van der Waals surface area (Å²) < 4.78 is 14.1. The van der Waals surface area contributed by atoms with E-state index < -0.39 is 5.67 Å². The molecule has 1 aromatic carbocycles. The number of nitrogens with zero attached hydrogens (tertiary/aromatic N) is 2. The van der Waals surface area contributed by atoms with Gasteiger partial charge in [-0.1, -0.05) is 57.3 Å². The predicted molar refractivity (Wildman–Crippen MR) is 137 cm³/mol.